The highest BCUT2D eigenvalue weighted by Gasteiger charge is 2.17. The first kappa shape index (κ1) is 16.6. The molecule has 1 saturated heterocycles. The number of hydrogen-bond donors (Lipinski definition) is 1. The van der Waals surface area contributed by atoms with Crippen molar-refractivity contribution in [3.8, 4) is 11.4 Å². The van der Waals surface area contributed by atoms with Crippen molar-refractivity contribution in [3.63, 3.8) is 0 Å². The number of nitrogens with zero attached hydrogens (tertiary/aromatic N) is 3. The van der Waals surface area contributed by atoms with Crippen molar-refractivity contribution in [3.05, 3.63) is 45.3 Å². The number of carbonyl (C=O) groups is 1. The molecule has 126 valence electrons. The topological polar surface area (TPSA) is 88.2 Å². The molecular weight excluding hydrogens is 332 g/mol. The van der Waals surface area contributed by atoms with E-state index in [0.29, 0.717) is 42.7 Å². The van der Waals surface area contributed by atoms with Gasteiger partial charge >= 0.3 is 0 Å². The number of hydrogen-bond acceptors (Lipinski definition) is 5. The lowest BCUT2D eigenvalue weighted by molar-refractivity contribution is -0.135. The fourth-order valence-electron chi connectivity index (χ4n) is 2.49. The van der Waals surface area contributed by atoms with E-state index in [4.69, 9.17) is 16.3 Å². The Hall–Kier alpha value is -2.25. The first-order valence-corrected chi connectivity index (χ1v) is 8.08. The smallest absolute Gasteiger partial charge is 0.273 e. The van der Waals surface area contributed by atoms with E-state index in [0.717, 1.165) is 0 Å². The third-order valence-corrected chi connectivity index (χ3v) is 4.04. The Balaban J connectivity index is 1.67. The lowest BCUT2D eigenvalue weighted by atomic mass is 10.2. The molecule has 24 heavy (non-hydrogen) atoms. The zero-order valence-corrected chi connectivity index (χ0v) is 13.8. The summed E-state index contributed by atoms with van der Waals surface area (Å²) in [6.07, 6.45) is 0.489. The zero-order valence-electron chi connectivity index (χ0n) is 13.0. The van der Waals surface area contributed by atoms with Crippen molar-refractivity contribution in [2.75, 3.05) is 26.3 Å². The molecule has 2 heterocycles. The van der Waals surface area contributed by atoms with Crippen LogP contribution in [0.15, 0.2) is 29.1 Å². The van der Waals surface area contributed by atoms with Crippen LogP contribution in [-0.2, 0) is 16.0 Å². The molecule has 0 saturated carbocycles. The van der Waals surface area contributed by atoms with Crippen molar-refractivity contribution >= 4 is 17.5 Å². The quantitative estimate of drug-likeness (QED) is 0.899. The standard InChI is InChI=1S/C16H17ClN4O3/c17-12-3-1-2-11(10-12)15-18-16(23)13(19-20-15)4-5-14(22)21-6-8-24-9-7-21/h1-3,10H,4-9H2,(H,18,20,23). The van der Waals surface area contributed by atoms with Gasteiger partial charge in [0.15, 0.2) is 5.82 Å². The molecule has 0 bridgehead atoms. The molecule has 0 spiro atoms. The summed E-state index contributed by atoms with van der Waals surface area (Å²) < 4.78 is 5.21. The van der Waals surface area contributed by atoms with E-state index >= 15 is 0 Å². The number of amides is 1. The molecule has 1 fully saturated rings. The summed E-state index contributed by atoms with van der Waals surface area (Å²) in [4.78, 5) is 28.7. The van der Waals surface area contributed by atoms with Crippen molar-refractivity contribution in [2.45, 2.75) is 12.8 Å². The van der Waals surface area contributed by atoms with Crippen LogP contribution in [0.5, 0.6) is 0 Å². The van der Waals surface area contributed by atoms with E-state index in [1.54, 1.807) is 29.2 Å². The normalized spacial score (nSPS) is 14.6. The molecule has 0 unspecified atom stereocenters. The molecule has 0 radical (unpaired) electrons. The number of halogens is 1. The molecule has 0 atom stereocenters. The Morgan fingerprint density at radius 2 is 2.08 bits per heavy atom. The largest absolute Gasteiger partial charge is 0.378 e. The van der Waals surface area contributed by atoms with Gasteiger partial charge in [0.05, 0.1) is 13.2 Å². The van der Waals surface area contributed by atoms with E-state index in [2.05, 4.69) is 15.2 Å². The van der Waals surface area contributed by atoms with Gasteiger partial charge in [0.2, 0.25) is 5.91 Å². The van der Waals surface area contributed by atoms with Crippen molar-refractivity contribution in [1.29, 1.82) is 0 Å². The number of nitrogens with one attached hydrogen (secondary N) is 1. The Morgan fingerprint density at radius 1 is 1.29 bits per heavy atom. The monoisotopic (exact) mass is 348 g/mol. The Morgan fingerprint density at radius 3 is 2.79 bits per heavy atom. The summed E-state index contributed by atoms with van der Waals surface area (Å²) in [6, 6.07) is 6.99. The van der Waals surface area contributed by atoms with Crippen LogP contribution in [0, 0.1) is 0 Å². The number of carbonyl (C=O) groups excluding carboxylic acids is 1. The number of rotatable bonds is 4. The van der Waals surface area contributed by atoms with Crippen LogP contribution in [0.25, 0.3) is 11.4 Å². The van der Waals surface area contributed by atoms with Gasteiger partial charge in [0, 0.05) is 36.5 Å². The highest BCUT2D eigenvalue weighted by Crippen LogP contribution is 2.17. The van der Waals surface area contributed by atoms with Gasteiger partial charge < -0.3 is 14.6 Å². The molecule has 8 heteroatoms. The second kappa shape index (κ2) is 7.55. The van der Waals surface area contributed by atoms with Gasteiger partial charge in [-0.1, -0.05) is 23.7 Å². The van der Waals surface area contributed by atoms with E-state index in [1.165, 1.54) is 0 Å². The predicted molar refractivity (Wildman–Crippen MR) is 88.8 cm³/mol. The van der Waals surface area contributed by atoms with Crippen molar-refractivity contribution in [1.82, 2.24) is 20.1 Å². The van der Waals surface area contributed by atoms with Crippen LogP contribution in [0.3, 0.4) is 0 Å². The van der Waals surface area contributed by atoms with Crippen LogP contribution >= 0.6 is 11.6 Å². The molecule has 7 nitrogen and oxygen atoms in total. The Kier molecular flexibility index (Phi) is 5.22. The number of aromatic amines is 1. The second-order valence-electron chi connectivity index (χ2n) is 5.45. The SMILES string of the molecule is O=C(CCc1nnc(-c2cccc(Cl)c2)[nH]c1=O)N1CCOCC1. The summed E-state index contributed by atoms with van der Waals surface area (Å²) in [5, 5.41) is 8.55. The van der Waals surface area contributed by atoms with Gasteiger partial charge in [-0.3, -0.25) is 9.59 Å². The van der Waals surface area contributed by atoms with E-state index in [1.807, 2.05) is 0 Å². The zero-order chi connectivity index (χ0) is 16.9. The minimum absolute atomic E-state index is 0.00147. The number of ether oxygens (including phenoxy) is 1. The fourth-order valence-corrected chi connectivity index (χ4v) is 2.68. The van der Waals surface area contributed by atoms with Gasteiger partial charge in [-0.2, -0.15) is 0 Å². The highest BCUT2D eigenvalue weighted by atomic mass is 35.5. The molecule has 0 aliphatic carbocycles. The van der Waals surface area contributed by atoms with Crippen molar-refractivity contribution in [2.24, 2.45) is 0 Å². The summed E-state index contributed by atoms with van der Waals surface area (Å²) >= 11 is 5.93. The van der Waals surface area contributed by atoms with E-state index in [9.17, 15) is 9.59 Å². The van der Waals surface area contributed by atoms with Crippen LogP contribution in [-0.4, -0.2) is 52.3 Å². The lowest BCUT2D eigenvalue weighted by Crippen LogP contribution is -2.41. The molecule has 3 rings (SSSR count). The summed E-state index contributed by atoms with van der Waals surface area (Å²) in [6.45, 7) is 2.30. The number of aryl methyl sites for hydroxylation is 1. The second-order valence-corrected chi connectivity index (χ2v) is 5.89. The fraction of sp³-hybridized carbons (Fsp3) is 0.375. The number of H-pyrrole nitrogens is 1. The van der Waals surface area contributed by atoms with Crippen LogP contribution in [0.2, 0.25) is 5.02 Å². The maximum Gasteiger partial charge on any atom is 0.273 e. The van der Waals surface area contributed by atoms with Gasteiger partial charge in [0.1, 0.15) is 5.69 Å². The minimum Gasteiger partial charge on any atom is -0.378 e. The minimum atomic E-state index is -0.338. The summed E-state index contributed by atoms with van der Waals surface area (Å²) in [5.74, 6) is 0.351. The Labute approximate surface area is 143 Å². The Bertz CT molecular complexity index is 787. The van der Waals surface area contributed by atoms with Crippen LogP contribution < -0.4 is 5.56 Å². The average molecular weight is 349 g/mol. The third kappa shape index (κ3) is 3.98. The van der Waals surface area contributed by atoms with Gasteiger partial charge in [-0.25, -0.2) is 0 Å². The first-order valence-electron chi connectivity index (χ1n) is 7.71. The molecule has 1 aliphatic rings. The predicted octanol–water partition coefficient (Wildman–Crippen LogP) is 1.28. The van der Waals surface area contributed by atoms with Crippen LogP contribution in [0.1, 0.15) is 12.1 Å². The maximum atomic E-state index is 12.2. The molecule has 1 aliphatic heterocycles. The van der Waals surface area contributed by atoms with E-state index < -0.39 is 0 Å². The van der Waals surface area contributed by atoms with Crippen LogP contribution in [0.4, 0.5) is 0 Å². The highest BCUT2D eigenvalue weighted by molar-refractivity contribution is 6.30. The maximum absolute atomic E-state index is 12.2. The number of morpholine rings is 1. The first-order chi connectivity index (χ1) is 11.6. The third-order valence-electron chi connectivity index (χ3n) is 3.80. The lowest BCUT2D eigenvalue weighted by Gasteiger charge is -2.26. The summed E-state index contributed by atoms with van der Waals surface area (Å²) in [5.41, 5.74) is 0.597. The molecule has 1 aromatic carbocycles. The van der Waals surface area contributed by atoms with Crippen molar-refractivity contribution < 1.29 is 9.53 Å². The van der Waals surface area contributed by atoms with Gasteiger partial charge in [-0.15, -0.1) is 10.2 Å². The van der Waals surface area contributed by atoms with E-state index in [-0.39, 0.29) is 30.0 Å². The molecular formula is C16H17ClN4O3. The molecule has 1 aromatic heterocycles. The molecule has 2 aromatic rings. The number of aromatic nitrogens is 3. The molecule has 1 N–H and O–H groups in total. The number of benzene rings is 1. The average Bonchev–Trinajstić information content (AvgIpc) is 2.61. The molecule has 1 amide bonds. The van der Waals surface area contributed by atoms with Gasteiger partial charge in [-0.05, 0) is 12.1 Å². The van der Waals surface area contributed by atoms with Gasteiger partial charge in [0.25, 0.3) is 5.56 Å². The summed E-state index contributed by atoms with van der Waals surface area (Å²) in [7, 11) is 0.